The van der Waals surface area contributed by atoms with Gasteiger partial charge in [0, 0.05) is 11.3 Å². The molecule has 1 saturated heterocycles. The van der Waals surface area contributed by atoms with E-state index in [1.807, 2.05) is 79.7 Å². The van der Waals surface area contributed by atoms with E-state index in [0.717, 1.165) is 30.5 Å². The van der Waals surface area contributed by atoms with Gasteiger partial charge in [-0.3, -0.25) is 14.5 Å². The topological polar surface area (TPSA) is 58.6 Å². The Kier molecular flexibility index (Phi) is 7.91. The number of anilines is 2. The summed E-state index contributed by atoms with van der Waals surface area (Å²) >= 11 is 1.57. The molecule has 1 fully saturated rings. The monoisotopic (exact) mass is 474 g/mol. The minimum atomic E-state index is -0.191. The molecule has 5 nitrogen and oxygen atoms in total. The molecule has 2 amide bonds. The van der Waals surface area contributed by atoms with Gasteiger partial charge in [-0.15, -0.1) is 11.8 Å². The smallest absolute Gasteiger partial charge is 0.255 e. The lowest BCUT2D eigenvalue weighted by molar-refractivity contribution is -0.115. The Morgan fingerprint density at radius 2 is 1.85 bits per heavy atom. The summed E-state index contributed by atoms with van der Waals surface area (Å²) < 4.78 is 5.78. The van der Waals surface area contributed by atoms with Crippen LogP contribution >= 0.6 is 11.8 Å². The molecule has 1 aliphatic rings. The maximum atomic E-state index is 12.8. The van der Waals surface area contributed by atoms with E-state index in [4.69, 9.17) is 4.74 Å². The van der Waals surface area contributed by atoms with Crippen molar-refractivity contribution in [1.29, 1.82) is 0 Å². The molecule has 1 aliphatic heterocycles. The highest BCUT2D eigenvalue weighted by Gasteiger charge is 2.35. The average molecular weight is 475 g/mol. The minimum Gasteiger partial charge on any atom is -0.492 e. The quantitative estimate of drug-likeness (QED) is 0.387. The van der Waals surface area contributed by atoms with Gasteiger partial charge in [0.05, 0.1) is 18.0 Å². The maximum Gasteiger partial charge on any atom is 0.255 e. The van der Waals surface area contributed by atoms with Crippen molar-refractivity contribution in [2.75, 3.05) is 22.6 Å². The van der Waals surface area contributed by atoms with E-state index >= 15 is 0 Å². The van der Waals surface area contributed by atoms with E-state index in [1.165, 1.54) is 5.56 Å². The van der Waals surface area contributed by atoms with Gasteiger partial charge in [0.2, 0.25) is 5.91 Å². The molecule has 34 heavy (non-hydrogen) atoms. The van der Waals surface area contributed by atoms with Crippen LogP contribution in [-0.2, 0) is 11.2 Å². The summed E-state index contributed by atoms with van der Waals surface area (Å²) in [5.41, 5.74) is 4.30. The number of carbonyl (C=O) groups excluding carboxylic acids is 2. The number of nitrogens with zero attached hydrogens (tertiary/aromatic N) is 1. The molecule has 0 saturated carbocycles. The summed E-state index contributed by atoms with van der Waals surface area (Å²) in [4.78, 5) is 27.5. The molecule has 4 rings (SSSR count). The van der Waals surface area contributed by atoms with Crippen LogP contribution in [0.3, 0.4) is 0 Å². The molecule has 3 aromatic carbocycles. The fraction of sp³-hybridized carbons (Fsp3) is 0.286. The average Bonchev–Trinajstić information content (AvgIpc) is 3.25. The first kappa shape index (κ1) is 23.9. The molecule has 0 radical (unpaired) electrons. The van der Waals surface area contributed by atoms with E-state index in [9.17, 15) is 9.59 Å². The summed E-state index contributed by atoms with van der Waals surface area (Å²) in [6.45, 7) is 4.63. The zero-order valence-corrected chi connectivity index (χ0v) is 20.4. The summed E-state index contributed by atoms with van der Waals surface area (Å²) in [6, 6.07) is 23.1. The van der Waals surface area contributed by atoms with Crippen molar-refractivity contribution >= 4 is 35.0 Å². The first-order chi connectivity index (χ1) is 16.6. The van der Waals surface area contributed by atoms with Gasteiger partial charge in [-0.05, 0) is 67.3 Å². The van der Waals surface area contributed by atoms with Gasteiger partial charge in [-0.2, -0.15) is 0 Å². The third kappa shape index (κ3) is 5.45. The highest BCUT2D eigenvalue weighted by Crippen LogP contribution is 2.45. The van der Waals surface area contributed by atoms with Gasteiger partial charge in [0.15, 0.2) is 0 Å². The van der Waals surface area contributed by atoms with Crippen LogP contribution in [0, 0.1) is 0 Å². The lowest BCUT2D eigenvalue weighted by atomic mass is 10.1. The number of ether oxygens (including phenoxy) is 1. The number of nitrogens with one attached hydrogen (secondary N) is 1. The van der Waals surface area contributed by atoms with Crippen molar-refractivity contribution in [1.82, 2.24) is 0 Å². The summed E-state index contributed by atoms with van der Waals surface area (Å²) in [7, 11) is 0. The van der Waals surface area contributed by atoms with Crippen molar-refractivity contribution in [3.05, 3.63) is 89.5 Å². The molecular formula is C28H30N2O3S. The summed E-state index contributed by atoms with van der Waals surface area (Å²) in [5, 5.41) is 2.81. The third-order valence-corrected chi connectivity index (χ3v) is 6.97. The highest BCUT2D eigenvalue weighted by atomic mass is 32.2. The first-order valence-corrected chi connectivity index (χ1v) is 12.8. The third-order valence-electron chi connectivity index (χ3n) is 5.76. The fourth-order valence-electron chi connectivity index (χ4n) is 4.04. The van der Waals surface area contributed by atoms with Crippen LogP contribution in [0.15, 0.2) is 72.8 Å². The molecule has 1 heterocycles. The largest absolute Gasteiger partial charge is 0.492 e. The van der Waals surface area contributed by atoms with Crippen LogP contribution in [0.25, 0.3) is 0 Å². The van der Waals surface area contributed by atoms with E-state index in [1.54, 1.807) is 16.7 Å². The Hall–Kier alpha value is -3.25. The van der Waals surface area contributed by atoms with Gasteiger partial charge < -0.3 is 10.1 Å². The second-order valence-electron chi connectivity index (χ2n) is 8.21. The second-order valence-corrected chi connectivity index (χ2v) is 9.28. The Morgan fingerprint density at radius 1 is 1.06 bits per heavy atom. The maximum absolute atomic E-state index is 12.8. The standard InChI is InChI=1S/C28H30N2O3S/c1-3-5-9-20-14-16-21(17-15-20)27(32)29-23-11-8-10-22(18-23)28-30(26(31)19-34-28)24-12-6-7-13-25(24)33-4-2/h6-8,10-18,28H,3-5,9,19H2,1-2H3,(H,29,32). The summed E-state index contributed by atoms with van der Waals surface area (Å²) in [5.74, 6) is 0.983. The summed E-state index contributed by atoms with van der Waals surface area (Å²) in [6.07, 6.45) is 3.32. The van der Waals surface area contributed by atoms with Gasteiger partial charge in [-0.25, -0.2) is 0 Å². The molecule has 0 aromatic heterocycles. The van der Waals surface area contributed by atoms with E-state index in [-0.39, 0.29) is 17.2 Å². The number of benzene rings is 3. The molecule has 1 unspecified atom stereocenters. The number of carbonyl (C=O) groups is 2. The number of unbranched alkanes of at least 4 members (excludes halogenated alkanes) is 1. The van der Waals surface area contributed by atoms with Crippen LogP contribution < -0.4 is 15.0 Å². The number of hydrogen-bond donors (Lipinski definition) is 1. The molecule has 0 bridgehead atoms. The molecule has 1 N–H and O–H groups in total. The number of hydrogen-bond acceptors (Lipinski definition) is 4. The predicted octanol–water partition coefficient (Wildman–Crippen LogP) is 6.46. The highest BCUT2D eigenvalue weighted by molar-refractivity contribution is 8.00. The van der Waals surface area contributed by atoms with Crippen LogP contribution in [0.5, 0.6) is 5.75 Å². The van der Waals surface area contributed by atoms with Crippen LogP contribution in [0.2, 0.25) is 0 Å². The second kappa shape index (κ2) is 11.3. The lowest BCUT2D eigenvalue weighted by Crippen LogP contribution is -2.28. The van der Waals surface area contributed by atoms with Crippen molar-refractivity contribution in [2.24, 2.45) is 0 Å². The number of amides is 2. The number of rotatable bonds is 9. The first-order valence-electron chi connectivity index (χ1n) is 11.8. The normalized spacial score (nSPS) is 15.4. The zero-order chi connectivity index (χ0) is 23.9. The van der Waals surface area contributed by atoms with Crippen LogP contribution in [0.1, 0.15) is 53.5 Å². The van der Waals surface area contributed by atoms with E-state index in [2.05, 4.69) is 12.2 Å². The van der Waals surface area contributed by atoms with Gasteiger partial charge in [-0.1, -0.05) is 49.7 Å². The number of thioether (sulfide) groups is 1. The molecule has 3 aromatic rings. The van der Waals surface area contributed by atoms with Crippen molar-refractivity contribution in [3.8, 4) is 5.75 Å². The minimum absolute atomic E-state index is 0.0414. The number of aryl methyl sites for hydroxylation is 1. The molecular weight excluding hydrogens is 444 g/mol. The van der Waals surface area contributed by atoms with Gasteiger partial charge in [0.25, 0.3) is 5.91 Å². The fourth-order valence-corrected chi connectivity index (χ4v) is 5.20. The molecule has 0 aliphatic carbocycles. The van der Waals surface area contributed by atoms with Crippen LogP contribution in [0.4, 0.5) is 11.4 Å². The number of para-hydroxylation sites is 2. The molecule has 1 atom stereocenters. The molecule has 6 heteroatoms. The lowest BCUT2D eigenvalue weighted by Gasteiger charge is -2.26. The predicted molar refractivity (Wildman–Crippen MR) is 140 cm³/mol. The Bertz CT molecular complexity index is 1150. The molecule has 0 spiro atoms. The Morgan fingerprint density at radius 3 is 2.62 bits per heavy atom. The van der Waals surface area contributed by atoms with Gasteiger partial charge >= 0.3 is 0 Å². The van der Waals surface area contributed by atoms with Gasteiger partial charge in [0.1, 0.15) is 11.1 Å². The zero-order valence-electron chi connectivity index (χ0n) is 19.6. The van der Waals surface area contributed by atoms with Crippen LogP contribution in [-0.4, -0.2) is 24.2 Å². The van der Waals surface area contributed by atoms with Crippen molar-refractivity contribution in [3.63, 3.8) is 0 Å². The Labute approximate surface area is 205 Å². The van der Waals surface area contributed by atoms with E-state index in [0.29, 0.717) is 29.4 Å². The molecule has 176 valence electrons. The SMILES string of the molecule is CCCCc1ccc(C(=O)Nc2cccc(C3SCC(=O)N3c3ccccc3OCC)c2)cc1. The van der Waals surface area contributed by atoms with E-state index < -0.39 is 0 Å². The Balaban J connectivity index is 1.52. The van der Waals surface area contributed by atoms with Crippen molar-refractivity contribution in [2.45, 2.75) is 38.5 Å². The van der Waals surface area contributed by atoms with Crippen molar-refractivity contribution < 1.29 is 14.3 Å².